The van der Waals surface area contributed by atoms with Crippen molar-refractivity contribution >= 4 is 137 Å². The lowest BCUT2D eigenvalue weighted by molar-refractivity contribution is 0.590. The Morgan fingerprint density at radius 3 is 0.827 bits per heavy atom. The molecule has 0 saturated heterocycles. The van der Waals surface area contributed by atoms with Crippen LogP contribution in [0.1, 0.15) is 52.7 Å². The molecule has 0 aliphatic carbocycles. The van der Waals surface area contributed by atoms with Crippen molar-refractivity contribution in [2.75, 3.05) is 9.80 Å². The van der Waals surface area contributed by atoms with Crippen LogP contribution in [0.3, 0.4) is 0 Å². The number of aromatic nitrogens is 1. The highest BCUT2D eigenvalue weighted by atomic mass is 28.3. The number of rotatable bonds is 13. The molecule has 0 radical (unpaired) electrons. The van der Waals surface area contributed by atoms with Gasteiger partial charge in [-0.2, -0.15) is 0 Å². The zero-order chi connectivity index (χ0) is 70.3. The minimum absolute atomic E-state index is 0.0732. The number of anilines is 6. The monoisotopic (exact) mass is 1370 g/mol. The summed E-state index contributed by atoms with van der Waals surface area (Å²) in [5.41, 5.74) is 21.2. The van der Waals surface area contributed by atoms with Crippen molar-refractivity contribution in [2.45, 2.75) is 52.4 Å². The lowest BCUT2D eigenvalue weighted by atomic mass is 9.32. The molecule has 3 nitrogen and oxygen atoms in total. The molecule has 104 heavy (non-hydrogen) atoms. The molecule has 0 atom stereocenters. The minimum atomic E-state index is -2.94. The van der Waals surface area contributed by atoms with Crippen molar-refractivity contribution in [1.82, 2.24) is 4.57 Å². The highest BCUT2D eigenvalue weighted by molar-refractivity contribution is 7.20. The van der Waals surface area contributed by atoms with E-state index in [4.69, 9.17) is 0 Å². The summed E-state index contributed by atoms with van der Waals surface area (Å²) in [6.07, 6.45) is 0. The SMILES string of the molecule is CC(C)(C)c1ccc2c(c1)c1cc(C(C)(C)C)ccc1n2-c1cc2c3c(c1)N(c1ccc([Si](c4ccccc4)(c4ccccc4)c4ccccc4)cc1)c1cccc(-c4ccccc4)c1B3c1c(-c3ccccc3)cccc1N2c1ccc([Si](c2ccccc2)(c2ccccc2)c2ccccc2)cc1. The summed E-state index contributed by atoms with van der Waals surface area (Å²) in [6.45, 7) is 13.8. The van der Waals surface area contributed by atoms with E-state index in [2.05, 4.69) is 432 Å². The van der Waals surface area contributed by atoms with Gasteiger partial charge in [-0.1, -0.05) is 345 Å². The third kappa shape index (κ3) is 10.4. The predicted octanol–water partition coefficient (Wildman–Crippen LogP) is 17.6. The molecule has 0 N–H and O–H groups in total. The van der Waals surface area contributed by atoms with Crippen LogP contribution in [0.4, 0.5) is 34.1 Å². The fourth-order valence-corrected chi connectivity index (χ4v) is 27.1. The highest BCUT2D eigenvalue weighted by Gasteiger charge is 2.48. The first-order chi connectivity index (χ1) is 50.9. The van der Waals surface area contributed by atoms with Gasteiger partial charge in [-0.05, 0) is 175 Å². The summed E-state index contributed by atoms with van der Waals surface area (Å²) in [6, 6.07) is 144. The van der Waals surface area contributed by atoms with Gasteiger partial charge in [0.2, 0.25) is 0 Å². The largest absolute Gasteiger partial charge is 0.311 e. The third-order valence-corrected chi connectivity index (χ3v) is 32.0. The summed E-state index contributed by atoms with van der Waals surface area (Å²) < 4.78 is 2.59. The topological polar surface area (TPSA) is 11.4 Å². The van der Waals surface area contributed by atoms with Crippen LogP contribution in [-0.2, 0) is 10.8 Å². The number of hydrogen-bond acceptors (Lipinski definition) is 2. The first-order valence-corrected chi connectivity index (χ1v) is 40.7. The van der Waals surface area contributed by atoms with Crippen LogP contribution < -0.4 is 67.7 Å². The number of fused-ring (bicyclic) bond motifs is 7. The van der Waals surface area contributed by atoms with E-state index in [1.165, 1.54) is 113 Å². The van der Waals surface area contributed by atoms with Gasteiger partial charge in [0, 0.05) is 44.9 Å². The lowest BCUT2D eigenvalue weighted by Gasteiger charge is -2.46. The fourth-order valence-electron chi connectivity index (χ4n) is 17.6. The normalized spacial score (nSPS) is 12.8. The Bertz CT molecular complexity index is 5290. The number of hydrogen-bond donors (Lipinski definition) is 0. The van der Waals surface area contributed by atoms with Crippen LogP contribution in [0.25, 0.3) is 49.7 Å². The molecule has 6 heteroatoms. The number of benzene rings is 15. The van der Waals surface area contributed by atoms with Crippen LogP contribution in [-0.4, -0.2) is 27.4 Å². The summed E-state index contributed by atoms with van der Waals surface area (Å²) >= 11 is 0. The van der Waals surface area contributed by atoms with Crippen LogP contribution in [0, 0.1) is 0 Å². The van der Waals surface area contributed by atoms with Gasteiger partial charge in [-0.25, -0.2) is 0 Å². The average molecular weight is 1370 g/mol. The van der Waals surface area contributed by atoms with E-state index in [0.29, 0.717) is 0 Å². The van der Waals surface area contributed by atoms with Crippen molar-refractivity contribution < 1.29 is 0 Å². The van der Waals surface area contributed by atoms with Crippen molar-refractivity contribution in [3.8, 4) is 27.9 Å². The molecule has 0 saturated carbocycles. The Balaban J connectivity index is 0.965. The smallest absolute Gasteiger partial charge is 0.253 e. The van der Waals surface area contributed by atoms with Gasteiger partial charge in [-0.15, -0.1) is 0 Å². The van der Waals surface area contributed by atoms with Gasteiger partial charge in [-0.3, -0.25) is 0 Å². The molecule has 3 heterocycles. The van der Waals surface area contributed by atoms with E-state index in [1.54, 1.807) is 0 Å². The predicted molar refractivity (Wildman–Crippen MR) is 450 cm³/mol. The second kappa shape index (κ2) is 25.6. The molecule has 18 rings (SSSR count). The Labute approximate surface area is 614 Å². The first kappa shape index (κ1) is 64.3. The average Bonchev–Trinajstić information content (AvgIpc) is 0.852. The molecule has 0 unspecified atom stereocenters. The van der Waals surface area contributed by atoms with Gasteiger partial charge in [0.25, 0.3) is 6.71 Å². The molecule has 0 spiro atoms. The molecule has 15 aromatic carbocycles. The van der Waals surface area contributed by atoms with E-state index >= 15 is 0 Å². The van der Waals surface area contributed by atoms with Gasteiger partial charge in [0.1, 0.15) is 0 Å². The molecular weight excluding hydrogens is 1290 g/mol. The van der Waals surface area contributed by atoms with Crippen molar-refractivity contribution in [1.29, 1.82) is 0 Å². The maximum atomic E-state index is 2.64. The maximum Gasteiger partial charge on any atom is 0.253 e. The standard InChI is InChI=1S/C98H80BN3Si2/c1-97(2,3)71-53-63-88-86(65-71)87-66-72(98(4,5)6)54-64-89(87)102(88)75-67-92-96-93(68-75)101(74-57-61-83(62-58-74)104(79-43-25-12-26-44-79,80-45-27-13-28-46-80)81-47-29-14-30-48-81)91-52-32-50-85(70-35-17-8-18-36-70)95(91)99(96)94-84(69-33-15-7-16-34-69)49-31-51-90(94)100(92)73-55-59-82(60-56-73)103(76-37-19-9-20-38-76,77-39-21-10-22-40-77)78-41-23-11-24-42-78/h7-68H,1-6H3. The van der Waals surface area contributed by atoms with Crippen LogP contribution in [0.5, 0.6) is 0 Å². The molecule has 0 bridgehead atoms. The summed E-state index contributed by atoms with van der Waals surface area (Å²) in [5, 5.41) is 13.2. The van der Waals surface area contributed by atoms with Crippen LogP contribution in [0.15, 0.2) is 376 Å². The minimum Gasteiger partial charge on any atom is -0.311 e. The third-order valence-electron chi connectivity index (χ3n) is 22.4. The molecular formula is C98H80BN3Si2. The van der Waals surface area contributed by atoms with Crippen molar-refractivity contribution in [3.05, 3.63) is 387 Å². The zero-order valence-corrected chi connectivity index (χ0v) is 61.7. The quantitative estimate of drug-likeness (QED) is 0.0842. The van der Waals surface area contributed by atoms with E-state index in [1.807, 2.05) is 0 Å². The van der Waals surface area contributed by atoms with E-state index in [9.17, 15) is 0 Å². The number of nitrogens with zero attached hydrogens (tertiary/aromatic N) is 3. The van der Waals surface area contributed by atoms with E-state index in [-0.39, 0.29) is 17.5 Å². The summed E-state index contributed by atoms with van der Waals surface area (Å²) in [7, 11) is -5.88. The van der Waals surface area contributed by atoms with Gasteiger partial charge < -0.3 is 14.4 Å². The van der Waals surface area contributed by atoms with Crippen molar-refractivity contribution in [2.24, 2.45) is 0 Å². The molecule has 1 aromatic heterocycles. The fraction of sp³-hybridized carbons (Fsp3) is 0.0816. The highest BCUT2D eigenvalue weighted by Crippen LogP contribution is 2.49. The zero-order valence-electron chi connectivity index (χ0n) is 59.7. The molecule has 16 aromatic rings. The molecule has 498 valence electrons. The van der Waals surface area contributed by atoms with Crippen molar-refractivity contribution in [3.63, 3.8) is 0 Å². The van der Waals surface area contributed by atoms with E-state index < -0.39 is 16.1 Å². The lowest BCUT2D eigenvalue weighted by Crippen LogP contribution is -2.74. The Hall–Kier alpha value is -11.8. The van der Waals surface area contributed by atoms with Crippen LogP contribution >= 0.6 is 0 Å². The summed E-state index contributed by atoms with van der Waals surface area (Å²) in [5.74, 6) is 0. The molecule has 0 fully saturated rings. The molecule has 2 aliphatic rings. The maximum absolute atomic E-state index is 2.94. The Morgan fingerprint density at radius 2 is 0.529 bits per heavy atom. The Morgan fingerprint density at radius 1 is 0.240 bits per heavy atom. The van der Waals surface area contributed by atoms with Gasteiger partial charge in [0.15, 0.2) is 16.1 Å². The molecule has 2 aliphatic heterocycles. The van der Waals surface area contributed by atoms with Gasteiger partial charge in [0.05, 0.1) is 16.7 Å². The first-order valence-electron chi connectivity index (χ1n) is 36.7. The summed E-state index contributed by atoms with van der Waals surface area (Å²) in [4.78, 5) is 5.28. The molecule has 0 amide bonds. The second-order valence-corrected chi connectivity index (χ2v) is 37.9. The second-order valence-electron chi connectivity index (χ2n) is 30.3. The van der Waals surface area contributed by atoms with Gasteiger partial charge >= 0.3 is 0 Å². The van der Waals surface area contributed by atoms with Crippen LogP contribution in [0.2, 0.25) is 0 Å². The van der Waals surface area contributed by atoms with E-state index in [0.717, 1.165) is 39.8 Å². The Kier molecular flexibility index (Phi) is 15.8.